The van der Waals surface area contributed by atoms with Gasteiger partial charge in [-0.05, 0) is 48.9 Å². The lowest BCUT2D eigenvalue weighted by Crippen LogP contribution is -2.17. The first-order valence-electron chi connectivity index (χ1n) is 10.6. The summed E-state index contributed by atoms with van der Waals surface area (Å²) in [6.45, 7) is 2.20. The molecule has 0 fully saturated rings. The second kappa shape index (κ2) is 14.0. The number of ether oxygens (including phenoxy) is 1. The van der Waals surface area contributed by atoms with Gasteiger partial charge in [-0.2, -0.15) is 5.10 Å². The van der Waals surface area contributed by atoms with Crippen LogP contribution in [0, 0.1) is 0 Å². The standard InChI is InChI=1S/C24H28BrClN2O3/c1-2-3-4-5-6-7-8-9-23(29)28-27-17-19-16-20(25)12-15-22(19)31-24(30)18-10-13-21(26)14-11-18/h10-17H,2-9H2,1H3,(H,28,29)/b27-17-. The molecule has 0 heterocycles. The fourth-order valence-corrected chi connectivity index (χ4v) is 3.44. The first kappa shape index (κ1) is 25.1. The highest BCUT2D eigenvalue weighted by molar-refractivity contribution is 9.10. The van der Waals surface area contributed by atoms with Gasteiger partial charge < -0.3 is 4.74 Å². The van der Waals surface area contributed by atoms with Gasteiger partial charge in [0.2, 0.25) is 5.91 Å². The molecule has 0 aromatic heterocycles. The summed E-state index contributed by atoms with van der Waals surface area (Å²) in [5, 5.41) is 4.56. The van der Waals surface area contributed by atoms with Crippen LogP contribution in [-0.2, 0) is 4.79 Å². The molecule has 0 saturated carbocycles. The number of unbranched alkanes of at least 4 members (excludes halogenated alkanes) is 6. The number of carbonyl (C=O) groups is 2. The molecule has 0 atom stereocenters. The van der Waals surface area contributed by atoms with E-state index in [1.165, 1.54) is 31.9 Å². The number of nitrogens with one attached hydrogen (secondary N) is 1. The van der Waals surface area contributed by atoms with E-state index in [0.29, 0.717) is 28.3 Å². The van der Waals surface area contributed by atoms with E-state index in [9.17, 15) is 9.59 Å². The van der Waals surface area contributed by atoms with E-state index in [1.807, 2.05) is 0 Å². The van der Waals surface area contributed by atoms with Crippen LogP contribution in [0.3, 0.4) is 0 Å². The van der Waals surface area contributed by atoms with E-state index in [4.69, 9.17) is 16.3 Å². The van der Waals surface area contributed by atoms with Crippen molar-refractivity contribution in [2.45, 2.75) is 58.3 Å². The van der Waals surface area contributed by atoms with Crippen LogP contribution in [-0.4, -0.2) is 18.1 Å². The first-order chi connectivity index (χ1) is 15.0. The average molecular weight is 508 g/mol. The minimum atomic E-state index is -0.503. The fraction of sp³-hybridized carbons (Fsp3) is 0.375. The molecule has 1 N–H and O–H groups in total. The molecular weight excluding hydrogens is 480 g/mol. The Hall–Kier alpha value is -2.18. The molecule has 31 heavy (non-hydrogen) atoms. The molecule has 166 valence electrons. The van der Waals surface area contributed by atoms with Crippen LogP contribution in [0.2, 0.25) is 5.02 Å². The van der Waals surface area contributed by atoms with Crippen molar-refractivity contribution < 1.29 is 14.3 Å². The van der Waals surface area contributed by atoms with Crippen molar-refractivity contribution in [2.24, 2.45) is 5.10 Å². The highest BCUT2D eigenvalue weighted by atomic mass is 79.9. The van der Waals surface area contributed by atoms with E-state index >= 15 is 0 Å². The Labute approximate surface area is 197 Å². The normalized spacial score (nSPS) is 10.9. The van der Waals surface area contributed by atoms with E-state index in [0.717, 1.165) is 23.7 Å². The molecule has 0 saturated heterocycles. The SMILES string of the molecule is CCCCCCCCCC(=O)N/N=C\c1cc(Br)ccc1OC(=O)c1ccc(Cl)cc1. The average Bonchev–Trinajstić information content (AvgIpc) is 2.75. The van der Waals surface area contributed by atoms with E-state index in [2.05, 4.69) is 33.4 Å². The molecule has 1 amide bonds. The van der Waals surface area contributed by atoms with Crippen molar-refractivity contribution in [3.63, 3.8) is 0 Å². The van der Waals surface area contributed by atoms with Gasteiger partial charge in [-0.1, -0.05) is 73.0 Å². The zero-order chi connectivity index (χ0) is 22.5. The molecule has 0 radical (unpaired) electrons. The lowest BCUT2D eigenvalue weighted by Gasteiger charge is -2.08. The third-order valence-corrected chi connectivity index (χ3v) is 5.40. The zero-order valence-corrected chi connectivity index (χ0v) is 20.0. The van der Waals surface area contributed by atoms with Gasteiger partial charge in [0, 0.05) is 21.5 Å². The summed E-state index contributed by atoms with van der Waals surface area (Å²) in [6, 6.07) is 11.6. The topological polar surface area (TPSA) is 67.8 Å². The zero-order valence-electron chi connectivity index (χ0n) is 17.7. The van der Waals surface area contributed by atoms with Crippen molar-refractivity contribution in [2.75, 3.05) is 0 Å². The summed E-state index contributed by atoms with van der Waals surface area (Å²) in [4.78, 5) is 24.4. The van der Waals surface area contributed by atoms with Crippen molar-refractivity contribution in [3.8, 4) is 5.75 Å². The number of hydrogen-bond acceptors (Lipinski definition) is 4. The Bertz CT molecular complexity index is 885. The predicted octanol–water partition coefficient (Wildman–Crippen LogP) is 6.91. The number of hydrazone groups is 1. The van der Waals surface area contributed by atoms with E-state index in [-0.39, 0.29) is 5.91 Å². The maximum absolute atomic E-state index is 12.4. The number of amides is 1. The van der Waals surface area contributed by atoms with Crippen LogP contribution in [0.4, 0.5) is 0 Å². The van der Waals surface area contributed by atoms with Crippen molar-refractivity contribution >= 4 is 45.6 Å². The van der Waals surface area contributed by atoms with Gasteiger partial charge in [-0.25, -0.2) is 10.2 Å². The number of halogens is 2. The van der Waals surface area contributed by atoms with Gasteiger partial charge in [0.1, 0.15) is 5.75 Å². The van der Waals surface area contributed by atoms with Gasteiger partial charge in [-0.3, -0.25) is 4.79 Å². The molecule has 7 heteroatoms. The van der Waals surface area contributed by atoms with E-state index < -0.39 is 5.97 Å². The van der Waals surface area contributed by atoms with Gasteiger partial charge in [0.05, 0.1) is 11.8 Å². The van der Waals surface area contributed by atoms with Crippen LogP contribution < -0.4 is 10.2 Å². The maximum atomic E-state index is 12.4. The summed E-state index contributed by atoms with van der Waals surface area (Å²) < 4.78 is 6.30. The monoisotopic (exact) mass is 506 g/mol. The molecule has 0 unspecified atom stereocenters. The van der Waals surface area contributed by atoms with Crippen LogP contribution in [0.5, 0.6) is 5.75 Å². The van der Waals surface area contributed by atoms with Crippen LogP contribution >= 0.6 is 27.5 Å². The Morgan fingerprint density at radius 3 is 2.42 bits per heavy atom. The second-order valence-electron chi connectivity index (χ2n) is 7.24. The molecule has 0 aliphatic heterocycles. The highest BCUT2D eigenvalue weighted by Gasteiger charge is 2.11. The third-order valence-electron chi connectivity index (χ3n) is 4.65. The smallest absolute Gasteiger partial charge is 0.343 e. The summed E-state index contributed by atoms with van der Waals surface area (Å²) in [5.74, 6) is -0.288. The van der Waals surface area contributed by atoms with Crippen LogP contribution in [0.25, 0.3) is 0 Å². The summed E-state index contributed by atoms with van der Waals surface area (Å²) >= 11 is 9.25. The maximum Gasteiger partial charge on any atom is 0.343 e. The predicted molar refractivity (Wildman–Crippen MR) is 129 cm³/mol. The second-order valence-corrected chi connectivity index (χ2v) is 8.60. The summed E-state index contributed by atoms with van der Waals surface area (Å²) in [6.07, 6.45) is 10.0. The quantitative estimate of drug-likeness (QED) is 0.112. The molecule has 5 nitrogen and oxygen atoms in total. The largest absolute Gasteiger partial charge is 0.422 e. The molecule has 2 rings (SSSR count). The fourth-order valence-electron chi connectivity index (χ4n) is 2.93. The number of rotatable bonds is 12. The van der Waals surface area contributed by atoms with Crippen LogP contribution in [0.1, 0.15) is 74.2 Å². The van der Waals surface area contributed by atoms with Crippen molar-refractivity contribution in [1.82, 2.24) is 5.43 Å². The van der Waals surface area contributed by atoms with Gasteiger partial charge in [0.15, 0.2) is 0 Å². The Morgan fingerprint density at radius 2 is 1.71 bits per heavy atom. The summed E-state index contributed by atoms with van der Waals surface area (Å²) in [5.41, 5.74) is 3.49. The number of carbonyl (C=O) groups excluding carboxylic acids is 2. The minimum absolute atomic E-state index is 0.125. The molecule has 0 bridgehead atoms. The molecular formula is C24H28BrClN2O3. The Morgan fingerprint density at radius 1 is 1.03 bits per heavy atom. The van der Waals surface area contributed by atoms with E-state index in [1.54, 1.807) is 42.5 Å². The molecule has 0 aliphatic rings. The van der Waals surface area contributed by atoms with Crippen molar-refractivity contribution in [1.29, 1.82) is 0 Å². The summed E-state index contributed by atoms with van der Waals surface area (Å²) in [7, 11) is 0. The van der Waals surface area contributed by atoms with Gasteiger partial charge in [0.25, 0.3) is 0 Å². The molecule has 0 spiro atoms. The Balaban J connectivity index is 1.86. The lowest BCUT2D eigenvalue weighted by molar-refractivity contribution is -0.121. The minimum Gasteiger partial charge on any atom is -0.422 e. The van der Waals surface area contributed by atoms with Crippen molar-refractivity contribution in [3.05, 3.63) is 63.1 Å². The first-order valence-corrected chi connectivity index (χ1v) is 11.8. The molecule has 0 aliphatic carbocycles. The molecule has 2 aromatic rings. The van der Waals surface area contributed by atoms with Crippen LogP contribution in [0.15, 0.2) is 52.0 Å². The number of nitrogens with zero attached hydrogens (tertiary/aromatic N) is 1. The Kier molecular flexibility index (Phi) is 11.3. The number of esters is 1. The number of hydrogen-bond donors (Lipinski definition) is 1. The third kappa shape index (κ3) is 9.66. The van der Waals surface area contributed by atoms with Gasteiger partial charge >= 0.3 is 5.97 Å². The van der Waals surface area contributed by atoms with Gasteiger partial charge in [-0.15, -0.1) is 0 Å². The number of benzene rings is 2. The lowest BCUT2D eigenvalue weighted by atomic mass is 10.1. The molecule has 2 aromatic carbocycles. The highest BCUT2D eigenvalue weighted by Crippen LogP contribution is 2.23.